The SMILES string of the molecule is N#CP(=O)([O-])[O-].N#CP(=O)([O-])[O-].N#CP(=O)([O-])[O-].N#CP(=O)([O-])[O-].[Li+].[Li+].[Li+].[Li+].[Li+].[Li+].[Li+].[Li+]. The Bertz CT molecular complexity index is 623. The molecule has 0 N–H and O–H groups in total. The standard InChI is InChI=1S/4CH2NO3P.8Li/c4*2-1-6(3,4)5;;;;;;;;/h4*(H2,3,4,5);;;;;;;;/q;;;;8*+1/p-8. The molecule has 0 saturated heterocycles. The largest absolute Gasteiger partial charge is 1.00 e. The molecule has 0 aliphatic carbocycles. The topological polar surface area (TPSA) is 348 Å². The summed E-state index contributed by atoms with van der Waals surface area (Å²) in [5, 5.41) is 29.1. The summed E-state index contributed by atoms with van der Waals surface area (Å²) in [6.07, 6.45) is 0. The van der Waals surface area contributed by atoms with E-state index >= 15 is 0 Å². The molecular weight excluding hydrogens is 475 g/mol. The van der Waals surface area contributed by atoms with Gasteiger partial charge in [0.15, 0.2) is 0 Å². The molecule has 0 saturated carbocycles. The van der Waals surface area contributed by atoms with Gasteiger partial charge in [-0.15, -0.1) is 0 Å². The molecule has 0 amide bonds. The van der Waals surface area contributed by atoms with Gasteiger partial charge in [-0.05, 0) is 0 Å². The van der Waals surface area contributed by atoms with Gasteiger partial charge < -0.3 is 57.4 Å². The summed E-state index contributed by atoms with van der Waals surface area (Å²) < 4.78 is 36.4. The second kappa shape index (κ2) is 38.9. The van der Waals surface area contributed by atoms with E-state index in [0.717, 1.165) is 0 Å². The monoisotopic (exact) mass is 476 g/mol. The fourth-order valence-electron chi connectivity index (χ4n) is 0. The van der Waals surface area contributed by atoms with Crippen molar-refractivity contribution in [1.82, 2.24) is 0 Å². The van der Waals surface area contributed by atoms with Crippen molar-refractivity contribution in [1.29, 1.82) is 21.0 Å². The molecule has 0 radical (unpaired) electrons. The predicted molar refractivity (Wildman–Crippen MR) is 52.9 cm³/mol. The van der Waals surface area contributed by atoms with E-state index < -0.39 is 30.4 Å². The Morgan fingerprint density at radius 1 is 0.344 bits per heavy atom. The van der Waals surface area contributed by atoms with Crippen LogP contribution in [0, 0.1) is 44.3 Å². The van der Waals surface area contributed by atoms with E-state index in [-0.39, 0.29) is 151 Å². The van der Waals surface area contributed by atoms with Crippen LogP contribution in [0.25, 0.3) is 0 Å². The summed E-state index contributed by atoms with van der Waals surface area (Å²) in [6, 6.07) is 0. The van der Waals surface area contributed by atoms with Crippen LogP contribution in [-0.2, 0) is 18.3 Å². The van der Waals surface area contributed by atoms with E-state index in [1.54, 1.807) is 0 Å². The summed E-state index contributed by atoms with van der Waals surface area (Å²) in [6.45, 7) is 0. The number of nitrogens with zero attached hydrogens (tertiary/aromatic N) is 4. The Labute approximate surface area is 279 Å². The summed E-state index contributed by atoms with van der Waals surface area (Å²) in [5.74, 6) is 2.19. The Kier molecular flexibility index (Phi) is 92.9. The molecule has 0 unspecified atom stereocenters. The van der Waals surface area contributed by atoms with E-state index in [1.165, 1.54) is 0 Å². The third kappa shape index (κ3) is 148. The summed E-state index contributed by atoms with van der Waals surface area (Å²) in [4.78, 5) is 72.9. The van der Waals surface area contributed by atoms with Crippen molar-refractivity contribution in [2.75, 3.05) is 0 Å². The van der Waals surface area contributed by atoms with E-state index in [0.29, 0.717) is 23.2 Å². The molecule has 0 rings (SSSR count). The first-order valence-electron chi connectivity index (χ1n) is 3.98. The molecule has 136 valence electrons. The van der Waals surface area contributed by atoms with Gasteiger partial charge in [0.05, 0.1) is 23.2 Å². The summed E-state index contributed by atoms with van der Waals surface area (Å²) in [5.41, 5.74) is 0. The molecule has 0 bridgehead atoms. The van der Waals surface area contributed by atoms with Crippen LogP contribution < -0.4 is 190 Å². The van der Waals surface area contributed by atoms with Crippen LogP contribution >= 0.6 is 30.4 Å². The van der Waals surface area contributed by atoms with E-state index in [4.69, 9.17) is 78.5 Å². The average molecular weight is 475 g/mol. The third-order valence-corrected chi connectivity index (χ3v) is 1.47. The van der Waals surface area contributed by atoms with Gasteiger partial charge in [-0.2, -0.15) is 21.0 Å². The van der Waals surface area contributed by atoms with Gasteiger partial charge in [0.1, 0.15) is 0 Å². The van der Waals surface area contributed by atoms with Gasteiger partial charge in [0, 0.05) is 30.4 Å². The van der Waals surface area contributed by atoms with Gasteiger partial charge in [-0.1, -0.05) is 0 Å². The zero-order valence-electron chi connectivity index (χ0n) is 18.5. The molecule has 0 aromatic carbocycles. The van der Waals surface area contributed by atoms with Crippen molar-refractivity contribution in [3.63, 3.8) is 0 Å². The van der Waals surface area contributed by atoms with Crippen LogP contribution in [0.1, 0.15) is 0 Å². The fraction of sp³-hybridized carbons (Fsp3) is 0. The zero-order valence-corrected chi connectivity index (χ0v) is 22.1. The molecule has 28 heteroatoms. The second-order valence-electron chi connectivity index (χ2n) is 2.39. The van der Waals surface area contributed by atoms with Crippen molar-refractivity contribution >= 4 is 30.4 Å². The normalized spacial score (nSPS) is 7.62. The second-order valence-corrected chi connectivity index (χ2v) is 7.17. The zero-order chi connectivity index (χ0) is 20.8. The van der Waals surface area contributed by atoms with Crippen LogP contribution in [0.3, 0.4) is 0 Å². The van der Waals surface area contributed by atoms with Crippen LogP contribution in [0.4, 0.5) is 0 Å². The molecule has 0 aromatic rings. The molecule has 0 aliphatic heterocycles. The maximum absolute atomic E-state index is 9.11. The van der Waals surface area contributed by atoms with Gasteiger partial charge in [0.2, 0.25) is 0 Å². The molecule has 0 aliphatic rings. The molecule has 0 aromatic heterocycles. The van der Waals surface area contributed by atoms with E-state index in [1.807, 2.05) is 0 Å². The molecule has 16 nitrogen and oxygen atoms in total. The fourth-order valence-corrected chi connectivity index (χ4v) is 0. The molecule has 0 heterocycles. The maximum atomic E-state index is 9.11. The van der Waals surface area contributed by atoms with Crippen molar-refractivity contribution in [3.8, 4) is 23.2 Å². The Morgan fingerprint density at radius 2 is 0.375 bits per heavy atom. The minimum atomic E-state index is -4.84. The van der Waals surface area contributed by atoms with Crippen molar-refractivity contribution in [2.24, 2.45) is 0 Å². The first kappa shape index (κ1) is 76.5. The maximum Gasteiger partial charge on any atom is 1.00 e. The van der Waals surface area contributed by atoms with Crippen LogP contribution in [0.2, 0.25) is 0 Å². The average Bonchev–Trinajstić information content (AvgIpc) is 2.37. The minimum Gasteiger partial charge on any atom is -0.800 e. The molecular formula is C4Li8N4O12P4. The summed E-state index contributed by atoms with van der Waals surface area (Å²) in [7, 11) is -19.4. The Hall–Kier alpha value is 3.34. The minimum absolute atomic E-state index is 0. The third-order valence-electron chi connectivity index (χ3n) is 0.490. The first-order chi connectivity index (χ1) is 10.2. The van der Waals surface area contributed by atoms with E-state index in [9.17, 15) is 0 Å². The first-order valence-corrected chi connectivity index (χ1v) is 10.2. The van der Waals surface area contributed by atoms with Crippen LogP contribution in [0.15, 0.2) is 0 Å². The molecule has 0 fully saturated rings. The van der Waals surface area contributed by atoms with Gasteiger partial charge in [-0.3, -0.25) is 0 Å². The van der Waals surface area contributed by atoms with Gasteiger partial charge in [-0.25, -0.2) is 0 Å². The molecule has 0 spiro atoms. The van der Waals surface area contributed by atoms with Gasteiger partial charge in [0.25, 0.3) is 0 Å². The van der Waals surface area contributed by atoms with Crippen molar-refractivity contribution in [2.45, 2.75) is 0 Å². The van der Waals surface area contributed by atoms with Crippen LogP contribution in [0.5, 0.6) is 0 Å². The quantitative estimate of drug-likeness (QED) is 0.231. The summed E-state index contributed by atoms with van der Waals surface area (Å²) >= 11 is 0. The number of hydrogen-bond acceptors (Lipinski definition) is 16. The number of nitriles is 4. The molecule has 0 atom stereocenters. The predicted octanol–water partition coefficient (Wildman–Crippen LogP) is -30.4. The number of rotatable bonds is 0. The molecule has 32 heavy (non-hydrogen) atoms. The Morgan fingerprint density at radius 3 is 0.375 bits per heavy atom. The van der Waals surface area contributed by atoms with Crippen LogP contribution in [-0.4, -0.2) is 0 Å². The number of hydrogen-bond donors (Lipinski definition) is 0. The Balaban J connectivity index is -0.0000000154. The van der Waals surface area contributed by atoms with Crippen molar-refractivity contribution < 1.29 is 208 Å². The smallest absolute Gasteiger partial charge is 0.800 e. The van der Waals surface area contributed by atoms with Crippen molar-refractivity contribution in [3.05, 3.63) is 0 Å². The van der Waals surface area contributed by atoms with E-state index in [2.05, 4.69) is 0 Å². The van der Waals surface area contributed by atoms with Gasteiger partial charge >= 0.3 is 151 Å².